The summed E-state index contributed by atoms with van der Waals surface area (Å²) in [6.45, 7) is 0.584. The lowest BCUT2D eigenvalue weighted by Crippen LogP contribution is -2.36. The van der Waals surface area contributed by atoms with Crippen LogP contribution >= 0.6 is 0 Å². The number of benzene rings is 2. The third kappa shape index (κ3) is 4.78. The minimum Gasteiger partial charge on any atom is -0.459 e. The van der Waals surface area contributed by atoms with Gasteiger partial charge in [-0.05, 0) is 48.9 Å². The number of aliphatic imine (C=N–C) groups is 1. The van der Waals surface area contributed by atoms with Crippen LogP contribution in [0.1, 0.15) is 5.56 Å². The van der Waals surface area contributed by atoms with Gasteiger partial charge in [0.1, 0.15) is 37.1 Å². The molecule has 1 aliphatic rings. The quantitative estimate of drug-likeness (QED) is 0.360. The first-order valence-electron chi connectivity index (χ1n) is 11.2. The van der Waals surface area contributed by atoms with Crippen LogP contribution in [-0.2, 0) is 4.74 Å². The predicted octanol–water partition coefficient (Wildman–Crippen LogP) is 4.35. The molecule has 6 rings (SSSR count). The number of hydrogen-bond acceptors (Lipinski definition) is 10. The standard InChI is InChI=1S/C24H19F2N9O2/c1-14-6-15(3-5-19(14)37-21-8-20-34-31-13-35(20)12-30-21)32-22-17-7-16(2-4-18(17)28-11-29-22)33-23-27-9-24(25,26)10-36-23/h2-8,11-13H,9-10H2,1H3,(H,27,33)(H,28,29,32). The minimum atomic E-state index is -2.96. The van der Waals surface area contributed by atoms with Gasteiger partial charge in [-0.1, -0.05) is 0 Å². The van der Waals surface area contributed by atoms with Gasteiger partial charge in [-0.2, -0.15) is 0 Å². The lowest BCUT2D eigenvalue weighted by atomic mass is 10.1. The van der Waals surface area contributed by atoms with E-state index in [1.54, 1.807) is 41.3 Å². The normalized spacial score (nSPS) is 14.7. The van der Waals surface area contributed by atoms with Crippen LogP contribution in [0, 0.1) is 6.92 Å². The Morgan fingerprint density at radius 2 is 1.86 bits per heavy atom. The van der Waals surface area contributed by atoms with Crippen molar-refractivity contribution >= 4 is 39.8 Å². The molecular weight excluding hydrogens is 484 g/mol. The van der Waals surface area contributed by atoms with E-state index in [1.807, 2.05) is 25.1 Å². The molecule has 11 nitrogen and oxygen atoms in total. The molecule has 0 radical (unpaired) electrons. The highest BCUT2D eigenvalue weighted by molar-refractivity contribution is 5.96. The van der Waals surface area contributed by atoms with Crippen molar-refractivity contribution in [2.45, 2.75) is 12.8 Å². The number of fused-ring (bicyclic) bond motifs is 2. The maximum absolute atomic E-state index is 13.3. The average Bonchev–Trinajstić information content (AvgIpc) is 3.35. The third-order valence-corrected chi connectivity index (χ3v) is 5.58. The number of rotatable bonds is 5. The first-order chi connectivity index (χ1) is 17.9. The second kappa shape index (κ2) is 8.93. The second-order valence-electron chi connectivity index (χ2n) is 8.38. The van der Waals surface area contributed by atoms with E-state index in [9.17, 15) is 8.78 Å². The Bertz CT molecular complexity index is 1650. The van der Waals surface area contributed by atoms with Crippen molar-refractivity contribution in [3.05, 3.63) is 67.0 Å². The third-order valence-electron chi connectivity index (χ3n) is 5.58. The van der Waals surface area contributed by atoms with Gasteiger partial charge in [-0.15, -0.1) is 10.2 Å². The van der Waals surface area contributed by atoms with E-state index < -0.39 is 19.1 Å². The summed E-state index contributed by atoms with van der Waals surface area (Å²) in [6, 6.07) is 12.7. The van der Waals surface area contributed by atoms with E-state index >= 15 is 0 Å². The molecule has 13 heteroatoms. The number of aromatic nitrogens is 6. The molecular formula is C24H19F2N9O2. The van der Waals surface area contributed by atoms with Crippen LogP contribution in [-0.4, -0.2) is 54.6 Å². The highest BCUT2D eigenvalue weighted by atomic mass is 19.3. The second-order valence-corrected chi connectivity index (χ2v) is 8.38. The Morgan fingerprint density at radius 1 is 1.00 bits per heavy atom. The molecule has 0 bridgehead atoms. The number of amidine groups is 1. The van der Waals surface area contributed by atoms with Gasteiger partial charge in [-0.3, -0.25) is 4.40 Å². The minimum absolute atomic E-state index is 0.0421. The number of ether oxygens (including phenoxy) is 2. The summed E-state index contributed by atoms with van der Waals surface area (Å²) in [4.78, 5) is 16.7. The van der Waals surface area contributed by atoms with Crippen molar-refractivity contribution in [3.8, 4) is 11.6 Å². The van der Waals surface area contributed by atoms with Gasteiger partial charge in [0.05, 0.1) is 5.52 Å². The molecule has 186 valence electrons. The summed E-state index contributed by atoms with van der Waals surface area (Å²) in [7, 11) is 0. The Hall–Kier alpha value is -4.94. The zero-order valence-corrected chi connectivity index (χ0v) is 19.4. The summed E-state index contributed by atoms with van der Waals surface area (Å²) >= 11 is 0. The van der Waals surface area contributed by atoms with Crippen molar-refractivity contribution in [3.63, 3.8) is 0 Å². The smallest absolute Gasteiger partial charge is 0.300 e. The Morgan fingerprint density at radius 3 is 2.70 bits per heavy atom. The summed E-state index contributed by atoms with van der Waals surface area (Å²) in [5, 5.41) is 14.8. The van der Waals surface area contributed by atoms with Crippen LogP contribution < -0.4 is 15.4 Å². The maximum atomic E-state index is 13.3. The molecule has 0 fully saturated rings. The molecule has 2 aromatic carbocycles. The van der Waals surface area contributed by atoms with Crippen LogP contribution in [0.25, 0.3) is 16.6 Å². The fourth-order valence-electron chi connectivity index (χ4n) is 3.74. The van der Waals surface area contributed by atoms with Crippen LogP contribution in [0.15, 0.2) is 66.4 Å². The number of halogens is 2. The molecule has 0 saturated carbocycles. The van der Waals surface area contributed by atoms with Crippen LogP contribution in [0.3, 0.4) is 0 Å². The molecule has 2 N–H and O–H groups in total. The Labute approximate surface area is 208 Å². The molecule has 3 aromatic heterocycles. The van der Waals surface area contributed by atoms with Gasteiger partial charge < -0.3 is 20.1 Å². The lowest BCUT2D eigenvalue weighted by Gasteiger charge is -2.22. The van der Waals surface area contributed by atoms with E-state index in [0.29, 0.717) is 34.3 Å². The number of nitrogens with zero attached hydrogens (tertiary/aromatic N) is 7. The zero-order chi connectivity index (χ0) is 25.4. The molecule has 1 aliphatic heterocycles. The van der Waals surface area contributed by atoms with Gasteiger partial charge >= 0.3 is 5.92 Å². The monoisotopic (exact) mass is 503 g/mol. The largest absolute Gasteiger partial charge is 0.459 e. The van der Waals surface area contributed by atoms with Gasteiger partial charge in [0.15, 0.2) is 12.3 Å². The summed E-state index contributed by atoms with van der Waals surface area (Å²) < 4.78 is 39.2. The van der Waals surface area contributed by atoms with Crippen molar-refractivity contribution < 1.29 is 18.3 Å². The zero-order valence-electron chi connectivity index (χ0n) is 19.4. The Kier molecular flexibility index (Phi) is 5.44. The summed E-state index contributed by atoms with van der Waals surface area (Å²) in [6.07, 6.45) is 4.61. The summed E-state index contributed by atoms with van der Waals surface area (Å²) in [5.41, 5.74) is 3.59. The fraction of sp³-hybridized carbons (Fsp3) is 0.167. The molecule has 0 aliphatic carbocycles. The average molecular weight is 503 g/mol. The molecule has 37 heavy (non-hydrogen) atoms. The number of alkyl halides is 2. The van der Waals surface area contributed by atoms with Crippen molar-refractivity contribution in [1.82, 2.24) is 29.5 Å². The lowest BCUT2D eigenvalue weighted by molar-refractivity contribution is -0.0455. The fourth-order valence-corrected chi connectivity index (χ4v) is 3.74. The molecule has 0 amide bonds. The van der Waals surface area contributed by atoms with Crippen LogP contribution in [0.4, 0.5) is 26.0 Å². The van der Waals surface area contributed by atoms with Crippen molar-refractivity contribution in [1.29, 1.82) is 0 Å². The topological polar surface area (TPSA) is 124 Å². The van der Waals surface area contributed by atoms with Crippen LogP contribution in [0.5, 0.6) is 11.6 Å². The van der Waals surface area contributed by atoms with E-state index in [2.05, 4.69) is 40.8 Å². The van der Waals surface area contributed by atoms with Crippen molar-refractivity contribution in [2.24, 2.45) is 4.99 Å². The molecule has 0 spiro atoms. The number of nitrogens with one attached hydrogen (secondary N) is 2. The van der Waals surface area contributed by atoms with Gasteiger partial charge in [-0.25, -0.2) is 28.7 Å². The molecule has 0 saturated heterocycles. The van der Waals surface area contributed by atoms with E-state index in [0.717, 1.165) is 16.6 Å². The summed E-state index contributed by atoms with van der Waals surface area (Å²) in [5.74, 6) is -1.35. The maximum Gasteiger partial charge on any atom is 0.300 e. The number of hydrogen-bond donors (Lipinski definition) is 2. The van der Waals surface area contributed by atoms with E-state index in [-0.39, 0.29) is 6.02 Å². The Balaban J connectivity index is 1.22. The van der Waals surface area contributed by atoms with E-state index in [4.69, 9.17) is 9.47 Å². The molecule has 5 aromatic rings. The molecule has 0 atom stereocenters. The van der Waals surface area contributed by atoms with Gasteiger partial charge in [0.2, 0.25) is 5.88 Å². The number of aryl methyl sites for hydroxylation is 1. The van der Waals surface area contributed by atoms with Crippen molar-refractivity contribution in [2.75, 3.05) is 23.8 Å². The van der Waals surface area contributed by atoms with Gasteiger partial charge in [0, 0.05) is 22.8 Å². The van der Waals surface area contributed by atoms with Crippen LogP contribution in [0.2, 0.25) is 0 Å². The molecule has 4 heterocycles. The van der Waals surface area contributed by atoms with Gasteiger partial charge in [0.25, 0.3) is 6.02 Å². The number of anilines is 3. The predicted molar refractivity (Wildman–Crippen MR) is 132 cm³/mol. The van der Waals surface area contributed by atoms with E-state index in [1.165, 1.54) is 6.33 Å². The SMILES string of the molecule is Cc1cc(Nc2ncnc3ccc(NC4=NCC(F)(F)CO4)cc23)ccc1Oc1cc2nncn2cn1. The first-order valence-corrected chi connectivity index (χ1v) is 11.2. The highest BCUT2D eigenvalue weighted by Gasteiger charge is 2.34. The highest BCUT2D eigenvalue weighted by Crippen LogP contribution is 2.30. The molecule has 0 unspecified atom stereocenters. The first kappa shape index (κ1) is 22.5.